The number of aromatic nitrogens is 1. The molecule has 0 unspecified atom stereocenters. The lowest BCUT2D eigenvalue weighted by atomic mass is 9.73. The third kappa shape index (κ3) is 5.03. The van der Waals surface area contributed by atoms with Crippen molar-refractivity contribution in [1.82, 2.24) is 4.98 Å². The summed E-state index contributed by atoms with van der Waals surface area (Å²) < 4.78 is 11.2. The number of benzene rings is 1. The van der Waals surface area contributed by atoms with Gasteiger partial charge in [-0.25, -0.2) is 4.98 Å². The molecule has 29 heavy (non-hydrogen) atoms. The molecular formula is C22H26Cl2N2O3. The average molecular weight is 437 g/mol. The molecule has 1 aromatic carbocycles. The van der Waals surface area contributed by atoms with E-state index in [-0.39, 0.29) is 5.91 Å². The highest BCUT2D eigenvalue weighted by molar-refractivity contribution is 6.35. The number of unbranched alkanes of at least 4 members (excludes halogenated alkanes) is 1. The number of halogens is 2. The fraction of sp³-hybridized carbons (Fsp3) is 0.455. The summed E-state index contributed by atoms with van der Waals surface area (Å²) in [5.74, 6) is 0.476. The maximum Gasteiger partial charge on any atom is 0.235 e. The van der Waals surface area contributed by atoms with E-state index in [9.17, 15) is 4.79 Å². The first-order chi connectivity index (χ1) is 14.0. The number of hydrogen-bond donors (Lipinski definition) is 1. The van der Waals surface area contributed by atoms with Gasteiger partial charge in [-0.3, -0.25) is 4.79 Å². The zero-order valence-electron chi connectivity index (χ0n) is 16.8. The predicted octanol–water partition coefficient (Wildman–Crippen LogP) is 5.56. The first-order valence-corrected chi connectivity index (χ1v) is 10.7. The quantitative estimate of drug-likeness (QED) is 0.576. The van der Waals surface area contributed by atoms with Gasteiger partial charge in [0.05, 0.1) is 23.9 Å². The van der Waals surface area contributed by atoms with E-state index in [0.717, 1.165) is 24.0 Å². The van der Waals surface area contributed by atoms with Crippen LogP contribution in [0.15, 0.2) is 30.5 Å². The standard InChI is InChI=1S/C22H26Cl2N2O3/c1-3-4-9-29-20-15(2)12-17(14-25-20)26-21(27)22(7-10-28-11-8-22)18-6-5-16(23)13-19(18)24/h5-6,12-14H,3-4,7-11H2,1-2H3,(H,26,27). The lowest BCUT2D eigenvalue weighted by Crippen LogP contribution is -2.45. The molecule has 0 spiro atoms. The van der Waals surface area contributed by atoms with E-state index in [4.69, 9.17) is 32.7 Å². The van der Waals surface area contributed by atoms with Gasteiger partial charge in [0.2, 0.25) is 11.8 Å². The Morgan fingerprint density at radius 2 is 2.03 bits per heavy atom. The van der Waals surface area contributed by atoms with Crippen LogP contribution in [0.5, 0.6) is 5.88 Å². The number of nitrogens with zero attached hydrogens (tertiary/aromatic N) is 1. The van der Waals surface area contributed by atoms with E-state index >= 15 is 0 Å². The summed E-state index contributed by atoms with van der Waals surface area (Å²) in [7, 11) is 0. The lowest BCUT2D eigenvalue weighted by molar-refractivity contribution is -0.125. The molecule has 1 N–H and O–H groups in total. The zero-order valence-corrected chi connectivity index (χ0v) is 18.3. The number of aryl methyl sites for hydroxylation is 1. The van der Waals surface area contributed by atoms with Gasteiger partial charge in [0.15, 0.2) is 0 Å². The van der Waals surface area contributed by atoms with Gasteiger partial charge in [0.25, 0.3) is 0 Å². The van der Waals surface area contributed by atoms with Crippen LogP contribution < -0.4 is 10.1 Å². The van der Waals surface area contributed by atoms with Gasteiger partial charge in [0.1, 0.15) is 0 Å². The van der Waals surface area contributed by atoms with Crippen LogP contribution in [-0.2, 0) is 14.9 Å². The maximum absolute atomic E-state index is 13.4. The molecule has 0 saturated carbocycles. The van der Waals surface area contributed by atoms with Crippen LogP contribution in [-0.4, -0.2) is 30.7 Å². The minimum Gasteiger partial charge on any atom is -0.477 e. The van der Waals surface area contributed by atoms with Crippen molar-refractivity contribution in [1.29, 1.82) is 0 Å². The van der Waals surface area contributed by atoms with Crippen LogP contribution in [0.1, 0.15) is 43.7 Å². The number of ether oxygens (including phenoxy) is 2. The minimum atomic E-state index is -0.774. The number of hydrogen-bond acceptors (Lipinski definition) is 4. The second-order valence-electron chi connectivity index (χ2n) is 7.32. The largest absolute Gasteiger partial charge is 0.477 e. The van der Waals surface area contributed by atoms with Crippen molar-refractivity contribution in [3.05, 3.63) is 51.6 Å². The van der Waals surface area contributed by atoms with Gasteiger partial charge in [-0.05, 0) is 49.9 Å². The summed E-state index contributed by atoms with van der Waals surface area (Å²) in [5.41, 5.74) is 1.51. The monoisotopic (exact) mass is 436 g/mol. The van der Waals surface area contributed by atoms with Gasteiger partial charge < -0.3 is 14.8 Å². The molecule has 156 valence electrons. The third-order valence-corrected chi connectivity index (χ3v) is 5.80. The average Bonchev–Trinajstić information content (AvgIpc) is 2.70. The number of pyridine rings is 1. The SMILES string of the molecule is CCCCOc1ncc(NC(=O)C2(c3ccc(Cl)cc3Cl)CCOCC2)cc1C. The molecule has 0 radical (unpaired) electrons. The maximum atomic E-state index is 13.4. The van der Waals surface area contributed by atoms with Crippen molar-refractivity contribution in [3.8, 4) is 5.88 Å². The Kier molecular flexibility index (Phi) is 7.38. The molecule has 2 aromatic rings. The molecule has 2 heterocycles. The molecule has 1 amide bonds. The van der Waals surface area contributed by atoms with E-state index in [1.54, 1.807) is 18.3 Å². The molecule has 7 heteroatoms. The highest BCUT2D eigenvalue weighted by Gasteiger charge is 2.43. The van der Waals surface area contributed by atoms with Crippen LogP contribution in [0.2, 0.25) is 10.0 Å². The summed E-state index contributed by atoms with van der Waals surface area (Å²) in [4.78, 5) is 17.8. The van der Waals surface area contributed by atoms with Crippen molar-refractivity contribution in [2.75, 3.05) is 25.1 Å². The summed E-state index contributed by atoms with van der Waals surface area (Å²) >= 11 is 12.5. The number of amides is 1. The Hall–Kier alpha value is -1.82. The predicted molar refractivity (Wildman–Crippen MR) is 116 cm³/mol. The Morgan fingerprint density at radius 3 is 2.69 bits per heavy atom. The molecule has 3 rings (SSSR count). The molecule has 1 saturated heterocycles. The molecule has 1 aliphatic rings. The van der Waals surface area contributed by atoms with Crippen molar-refractivity contribution in [2.24, 2.45) is 0 Å². The Bertz CT molecular complexity index is 867. The number of carbonyl (C=O) groups is 1. The zero-order chi connectivity index (χ0) is 20.9. The van der Waals surface area contributed by atoms with Crippen LogP contribution in [0.3, 0.4) is 0 Å². The van der Waals surface area contributed by atoms with Gasteiger partial charge >= 0.3 is 0 Å². The van der Waals surface area contributed by atoms with E-state index in [1.807, 2.05) is 19.1 Å². The van der Waals surface area contributed by atoms with E-state index in [1.165, 1.54) is 0 Å². The van der Waals surface area contributed by atoms with Crippen molar-refractivity contribution >= 4 is 34.8 Å². The van der Waals surface area contributed by atoms with Crippen LogP contribution in [0.4, 0.5) is 5.69 Å². The first kappa shape index (κ1) is 21.9. The van der Waals surface area contributed by atoms with Crippen LogP contribution in [0.25, 0.3) is 0 Å². The summed E-state index contributed by atoms with van der Waals surface area (Å²) in [6.45, 7) is 5.65. The van der Waals surface area contributed by atoms with Gasteiger partial charge in [0, 0.05) is 28.8 Å². The number of rotatable bonds is 7. The molecule has 1 aromatic heterocycles. The lowest BCUT2D eigenvalue weighted by Gasteiger charge is -2.36. The Morgan fingerprint density at radius 1 is 1.28 bits per heavy atom. The summed E-state index contributed by atoms with van der Waals surface area (Å²) in [6.07, 6.45) is 4.76. The molecule has 0 bridgehead atoms. The number of anilines is 1. The van der Waals surface area contributed by atoms with Gasteiger partial charge in [-0.15, -0.1) is 0 Å². The molecule has 5 nitrogen and oxygen atoms in total. The van der Waals surface area contributed by atoms with Crippen molar-refractivity contribution in [2.45, 2.75) is 44.9 Å². The van der Waals surface area contributed by atoms with Gasteiger partial charge in [-0.2, -0.15) is 0 Å². The van der Waals surface area contributed by atoms with E-state index in [0.29, 0.717) is 54.3 Å². The van der Waals surface area contributed by atoms with Crippen LogP contribution >= 0.6 is 23.2 Å². The molecule has 1 aliphatic heterocycles. The van der Waals surface area contributed by atoms with Crippen molar-refractivity contribution < 1.29 is 14.3 Å². The Labute approximate surface area is 181 Å². The highest BCUT2D eigenvalue weighted by Crippen LogP contribution is 2.40. The summed E-state index contributed by atoms with van der Waals surface area (Å²) in [6, 6.07) is 7.16. The number of nitrogens with one attached hydrogen (secondary N) is 1. The third-order valence-electron chi connectivity index (χ3n) is 5.25. The molecule has 0 atom stereocenters. The first-order valence-electron chi connectivity index (χ1n) is 9.90. The fourth-order valence-corrected chi connectivity index (χ4v) is 4.15. The normalized spacial score (nSPS) is 15.7. The van der Waals surface area contributed by atoms with E-state index < -0.39 is 5.41 Å². The minimum absolute atomic E-state index is 0.120. The molecule has 1 fully saturated rings. The van der Waals surface area contributed by atoms with E-state index in [2.05, 4.69) is 17.2 Å². The topological polar surface area (TPSA) is 60.5 Å². The highest BCUT2D eigenvalue weighted by atomic mass is 35.5. The molecule has 0 aliphatic carbocycles. The number of carbonyl (C=O) groups excluding carboxylic acids is 1. The second-order valence-corrected chi connectivity index (χ2v) is 8.16. The van der Waals surface area contributed by atoms with Gasteiger partial charge in [-0.1, -0.05) is 42.6 Å². The smallest absolute Gasteiger partial charge is 0.235 e. The molecular weight excluding hydrogens is 411 g/mol. The second kappa shape index (κ2) is 9.79. The summed E-state index contributed by atoms with van der Waals surface area (Å²) in [5, 5.41) is 4.05. The van der Waals surface area contributed by atoms with Crippen LogP contribution in [0, 0.1) is 6.92 Å². The van der Waals surface area contributed by atoms with Crippen molar-refractivity contribution in [3.63, 3.8) is 0 Å². The fourth-order valence-electron chi connectivity index (χ4n) is 3.56. The Balaban J connectivity index is 1.83.